The second kappa shape index (κ2) is 4.52. The maximum absolute atomic E-state index is 11.4. The summed E-state index contributed by atoms with van der Waals surface area (Å²) in [6.07, 6.45) is 3.77. The van der Waals surface area contributed by atoms with E-state index < -0.39 is 11.9 Å². The van der Waals surface area contributed by atoms with Crippen LogP contribution in [-0.2, 0) is 14.3 Å². The molecule has 4 nitrogen and oxygen atoms in total. The SMILES string of the molecule is CCC12CC(C=O)C(O)C1(C)CCC1(OCCO1)C2C. The van der Waals surface area contributed by atoms with E-state index in [4.69, 9.17) is 9.47 Å². The monoisotopic (exact) mass is 282 g/mol. The molecule has 20 heavy (non-hydrogen) atoms. The number of aliphatic hydroxyl groups excluding tert-OH is 1. The normalized spacial score (nSPS) is 50.3. The average molecular weight is 282 g/mol. The smallest absolute Gasteiger partial charge is 0.171 e. The van der Waals surface area contributed by atoms with Crippen LogP contribution in [0.2, 0.25) is 0 Å². The summed E-state index contributed by atoms with van der Waals surface area (Å²) in [7, 11) is 0. The molecule has 1 spiro atoms. The number of aldehydes is 1. The Morgan fingerprint density at radius 2 is 1.95 bits per heavy atom. The van der Waals surface area contributed by atoms with Crippen molar-refractivity contribution in [2.75, 3.05) is 13.2 Å². The Morgan fingerprint density at radius 3 is 2.50 bits per heavy atom. The molecule has 1 heterocycles. The minimum Gasteiger partial charge on any atom is -0.392 e. The van der Waals surface area contributed by atoms with Crippen molar-refractivity contribution < 1.29 is 19.4 Å². The number of carbonyl (C=O) groups excluding carboxylic acids is 1. The van der Waals surface area contributed by atoms with Crippen molar-refractivity contribution in [3.8, 4) is 0 Å². The van der Waals surface area contributed by atoms with Crippen molar-refractivity contribution in [1.29, 1.82) is 0 Å². The second-order valence-corrected chi connectivity index (χ2v) is 7.11. The van der Waals surface area contributed by atoms with Gasteiger partial charge in [-0.1, -0.05) is 20.8 Å². The summed E-state index contributed by atoms with van der Waals surface area (Å²) in [5.41, 5.74) is -0.298. The van der Waals surface area contributed by atoms with E-state index in [1.807, 2.05) is 0 Å². The lowest BCUT2D eigenvalue weighted by Crippen LogP contribution is -2.58. The molecule has 1 N–H and O–H groups in total. The first-order valence-corrected chi connectivity index (χ1v) is 7.87. The van der Waals surface area contributed by atoms with Crippen LogP contribution in [0.5, 0.6) is 0 Å². The summed E-state index contributed by atoms with van der Waals surface area (Å²) < 4.78 is 12.0. The van der Waals surface area contributed by atoms with Crippen LogP contribution >= 0.6 is 0 Å². The molecule has 0 bridgehead atoms. The molecular formula is C16H26O4. The number of rotatable bonds is 2. The quantitative estimate of drug-likeness (QED) is 0.788. The van der Waals surface area contributed by atoms with E-state index in [2.05, 4.69) is 20.8 Å². The molecule has 114 valence electrons. The van der Waals surface area contributed by atoms with Gasteiger partial charge >= 0.3 is 0 Å². The third-order valence-electron chi connectivity index (χ3n) is 6.86. The molecule has 3 aliphatic rings. The van der Waals surface area contributed by atoms with Crippen LogP contribution in [0, 0.1) is 22.7 Å². The van der Waals surface area contributed by atoms with Gasteiger partial charge in [-0.15, -0.1) is 0 Å². The van der Waals surface area contributed by atoms with E-state index in [1.54, 1.807) is 0 Å². The molecule has 0 aromatic heterocycles. The third-order valence-corrected chi connectivity index (χ3v) is 6.86. The minimum atomic E-state index is -0.541. The van der Waals surface area contributed by atoms with E-state index in [-0.39, 0.29) is 22.7 Å². The van der Waals surface area contributed by atoms with Gasteiger partial charge in [0.2, 0.25) is 0 Å². The van der Waals surface area contributed by atoms with E-state index >= 15 is 0 Å². The van der Waals surface area contributed by atoms with Gasteiger partial charge < -0.3 is 19.4 Å². The Morgan fingerprint density at radius 1 is 1.30 bits per heavy atom. The van der Waals surface area contributed by atoms with Gasteiger partial charge in [0, 0.05) is 23.7 Å². The number of fused-ring (bicyclic) bond motifs is 1. The lowest BCUT2D eigenvalue weighted by Gasteiger charge is -2.58. The Bertz CT molecular complexity index is 403. The molecule has 1 saturated heterocycles. The number of aliphatic hydroxyl groups is 1. The maximum atomic E-state index is 11.4. The van der Waals surface area contributed by atoms with Crippen LogP contribution < -0.4 is 0 Å². The fraction of sp³-hybridized carbons (Fsp3) is 0.938. The molecule has 1 aliphatic heterocycles. The van der Waals surface area contributed by atoms with Crippen molar-refractivity contribution in [2.45, 2.75) is 58.3 Å². The van der Waals surface area contributed by atoms with Crippen molar-refractivity contribution >= 4 is 6.29 Å². The van der Waals surface area contributed by atoms with Crippen molar-refractivity contribution in [2.24, 2.45) is 22.7 Å². The Labute approximate surface area is 120 Å². The number of ether oxygens (including phenoxy) is 2. The molecule has 0 amide bonds. The van der Waals surface area contributed by atoms with Gasteiger partial charge in [0.25, 0.3) is 0 Å². The van der Waals surface area contributed by atoms with Crippen LogP contribution in [0.15, 0.2) is 0 Å². The van der Waals surface area contributed by atoms with Gasteiger partial charge in [0.05, 0.1) is 19.3 Å². The minimum absolute atomic E-state index is 0.0828. The molecule has 3 fully saturated rings. The summed E-state index contributed by atoms with van der Waals surface area (Å²) in [5, 5.41) is 10.7. The Kier molecular flexibility index (Phi) is 3.27. The fourth-order valence-corrected chi connectivity index (χ4v) is 5.51. The molecular weight excluding hydrogens is 256 g/mol. The largest absolute Gasteiger partial charge is 0.392 e. The predicted octanol–water partition coefficient (Wildman–Crippen LogP) is 2.14. The number of hydrogen-bond donors (Lipinski definition) is 1. The molecule has 5 atom stereocenters. The first kappa shape index (κ1) is 14.5. The van der Waals surface area contributed by atoms with Gasteiger partial charge in [-0.25, -0.2) is 0 Å². The highest BCUT2D eigenvalue weighted by Gasteiger charge is 2.69. The fourth-order valence-electron chi connectivity index (χ4n) is 5.51. The summed E-state index contributed by atoms with van der Waals surface area (Å²) in [5.74, 6) is -0.549. The lowest BCUT2D eigenvalue weighted by atomic mass is 9.51. The van der Waals surface area contributed by atoms with Crippen LogP contribution in [-0.4, -0.2) is 36.5 Å². The zero-order chi connectivity index (χ0) is 14.6. The number of carbonyl (C=O) groups is 1. The van der Waals surface area contributed by atoms with Crippen molar-refractivity contribution in [3.05, 3.63) is 0 Å². The van der Waals surface area contributed by atoms with Gasteiger partial charge in [-0.2, -0.15) is 0 Å². The molecule has 3 rings (SSSR count). The first-order valence-electron chi connectivity index (χ1n) is 7.87. The summed E-state index contributed by atoms with van der Waals surface area (Å²) in [6, 6.07) is 0. The van der Waals surface area contributed by atoms with E-state index in [0.29, 0.717) is 13.2 Å². The van der Waals surface area contributed by atoms with E-state index in [9.17, 15) is 9.90 Å². The average Bonchev–Trinajstić information content (AvgIpc) is 3.01. The highest BCUT2D eigenvalue weighted by molar-refractivity contribution is 5.56. The molecule has 4 heteroatoms. The third kappa shape index (κ3) is 1.50. The topological polar surface area (TPSA) is 55.8 Å². The van der Waals surface area contributed by atoms with Crippen LogP contribution in [0.1, 0.15) is 46.5 Å². The lowest BCUT2D eigenvalue weighted by molar-refractivity contribution is -0.271. The second-order valence-electron chi connectivity index (χ2n) is 7.11. The highest BCUT2D eigenvalue weighted by Crippen LogP contribution is 2.68. The number of hydrogen-bond acceptors (Lipinski definition) is 4. The standard InChI is InChI=1S/C16H26O4/c1-4-15-9-12(10-17)13(18)14(15,3)5-6-16(11(15)2)19-7-8-20-16/h10-13,18H,4-9H2,1-3H3. The molecule has 0 aromatic carbocycles. The Hall–Kier alpha value is -0.450. The first-order chi connectivity index (χ1) is 9.46. The van der Waals surface area contributed by atoms with Crippen LogP contribution in [0.25, 0.3) is 0 Å². The van der Waals surface area contributed by atoms with E-state index in [0.717, 1.165) is 32.0 Å². The molecule has 2 aliphatic carbocycles. The van der Waals surface area contributed by atoms with Gasteiger partial charge in [-0.05, 0) is 24.7 Å². The molecule has 0 aromatic rings. The van der Waals surface area contributed by atoms with Crippen molar-refractivity contribution in [1.82, 2.24) is 0 Å². The van der Waals surface area contributed by atoms with Crippen LogP contribution in [0.4, 0.5) is 0 Å². The van der Waals surface area contributed by atoms with Crippen molar-refractivity contribution in [3.63, 3.8) is 0 Å². The molecule has 2 saturated carbocycles. The molecule has 0 radical (unpaired) electrons. The van der Waals surface area contributed by atoms with Gasteiger partial charge in [0.1, 0.15) is 6.29 Å². The summed E-state index contributed by atoms with van der Waals surface area (Å²) in [4.78, 5) is 11.4. The summed E-state index contributed by atoms with van der Waals surface area (Å²) in [6.45, 7) is 7.82. The highest BCUT2D eigenvalue weighted by atomic mass is 16.7. The predicted molar refractivity (Wildman–Crippen MR) is 74.0 cm³/mol. The van der Waals surface area contributed by atoms with Gasteiger partial charge in [-0.3, -0.25) is 0 Å². The zero-order valence-electron chi connectivity index (χ0n) is 12.7. The Balaban J connectivity index is 2.04. The van der Waals surface area contributed by atoms with Gasteiger partial charge in [0.15, 0.2) is 5.79 Å². The zero-order valence-corrected chi connectivity index (χ0v) is 12.7. The van der Waals surface area contributed by atoms with Crippen LogP contribution in [0.3, 0.4) is 0 Å². The maximum Gasteiger partial charge on any atom is 0.171 e. The molecule has 5 unspecified atom stereocenters. The van der Waals surface area contributed by atoms with E-state index in [1.165, 1.54) is 0 Å². The summed E-state index contributed by atoms with van der Waals surface area (Å²) >= 11 is 0.